The van der Waals surface area contributed by atoms with Crippen molar-refractivity contribution in [3.05, 3.63) is 48.0 Å². The molecule has 2 aromatic rings. The molecule has 0 unspecified atom stereocenters. The maximum atomic E-state index is 13.7. The minimum atomic E-state index is -1.53. The quantitative estimate of drug-likeness (QED) is 0.314. The summed E-state index contributed by atoms with van der Waals surface area (Å²) in [5, 5.41) is 12.3. The molecular formula is C33H45NO9. The summed E-state index contributed by atoms with van der Waals surface area (Å²) in [6, 6.07) is 12.3. The Morgan fingerprint density at radius 1 is 0.884 bits per heavy atom. The van der Waals surface area contributed by atoms with Crippen LogP contribution in [0.4, 0.5) is 9.59 Å². The van der Waals surface area contributed by atoms with Gasteiger partial charge in [0, 0.05) is 5.92 Å². The molecule has 1 heterocycles. The Hall–Kier alpha value is -3.66. The van der Waals surface area contributed by atoms with Crippen LogP contribution in [0.2, 0.25) is 0 Å². The number of carboxylic acid groups (broad SMARTS) is 1. The van der Waals surface area contributed by atoms with Crippen molar-refractivity contribution < 1.29 is 43.2 Å². The molecule has 0 saturated carbocycles. The van der Waals surface area contributed by atoms with Crippen LogP contribution in [-0.4, -0.2) is 70.7 Å². The van der Waals surface area contributed by atoms with E-state index in [-0.39, 0.29) is 6.61 Å². The molecule has 3 rings (SSSR count). The number of amides is 2. The van der Waals surface area contributed by atoms with Gasteiger partial charge in [-0.3, -0.25) is 4.79 Å². The molecule has 1 N–H and O–H groups in total. The summed E-state index contributed by atoms with van der Waals surface area (Å²) in [7, 11) is 0. The van der Waals surface area contributed by atoms with E-state index < -0.39 is 71.3 Å². The van der Waals surface area contributed by atoms with Gasteiger partial charge in [0.2, 0.25) is 0 Å². The zero-order valence-corrected chi connectivity index (χ0v) is 26.6. The molecule has 0 bridgehead atoms. The number of benzene rings is 2. The summed E-state index contributed by atoms with van der Waals surface area (Å²) in [5.41, 5.74) is -2.28. The van der Waals surface area contributed by atoms with Crippen molar-refractivity contribution in [2.75, 3.05) is 13.2 Å². The normalized spacial score (nSPS) is 22.0. The fourth-order valence-electron chi connectivity index (χ4n) is 5.61. The highest BCUT2D eigenvalue weighted by Crippen LogP contribution is 2.40. The first-order valence-electron chi connectivity index (χ1n) is 14.6. The number of carboxylic acids is 1. The zero-order valence-electron chi connectivity index (χ0n) is 26.6. The zero-order chi connectivity index (χ0) is 32.3. The lowest BCUT2D eigenvalue weighted by Gasteiger charge is -2.39. The molecule has 0 radical (unpaired) electrons. The standard InChI is InChI=1S/C33H45NO9/c1-20-26(33(8,9)28(36)37)23(17-22-15-12-14-21-13-10-11-16-24(21)22)18-40-19-25(27(35)41-20)34(29(38)42-31(2,3)4)30(39)43-32(5,6)7/h10-16,20,23,25-26H,17-19H2,1-9H3,(H,36,37)/t20-,23+,25-,26+/m0/s1. The summed E-state index contributed by atoms with van der Waals surface area (Å²) < 4.78 is 22.9. The second-order valence-electron chi connectivity index (χ2n) is 13.7. The number of ether oxygens (including phenoxy) is 4. The third kappa shape index (κ3) is 8.46. The smallest absolute Gasteiger partial charge is 0.420 e. The number of fused-ring (bicyclic) bond motifs is 1. The maximum absolute atomic E-state index is 13.7. The Morgan fingerprint density at radius 2 is 1.44 bits per heavy atom. The van der Waals surface area contributed by atoms with Gasteiger partial charge in [-0.15, -0.1) is 0 Å². The fraction of sp³-hybridized carbons (Fsp3) is 0.576. The largest absolute Gasteiger partial charge is 0.481 e. The van der Waals surface area contributed by atoms with E-state index in [2.05, 4.69) is 0 Å². The number of hydrogen-bond donors (Lipinski definition) is 1. The fourth-order valence-corrected chi connectivity index (χ4v) is 5.61. The van der Waals surface area contributed by atoms with Crippen LogP contribution >= 0.6 is 0 Å². The monoisotopic (exact) mass is 599 g/mol. The molecule has 43 heavy (non-hydrogen) atoms. The molecule has 10 nitrogen and oxygen atoms in total. The van der Waals surface area contributed by atoms with E-state index in [1.54, 1.807) is 62.3 Å². The van der Waals surface area contributed by atoms with E-state index in [1.165, 1.54) is 0 Å². The van der Waals surface area contributed by atoms with E-state index in [9.17, 15) is 24.3 Å². The van der Waals surface area contributed by atoms with E-state index in [1.807, 2.05) is 42.5 Å². The number of carbonyl (C=O) groups is 4. The molecule has 10 heteroatoms. The van der Waals surface area contributed by atoms with Crippen molar-refractivity contribution in [2.24, 2.45) is 17.3 Å². The third-order valence-corrected chi connectivity index (χ3v) is 7.43. The van der Waals surface area contributed by atoms with Gasteiger partial charge in [0.1, 0.15) is 17.3 Å². The molecule has 2 amide bonds. The SMILES string of the molecule is C[C@@H]1OC(=O)[C@@H](N(C(=O)OC(C)(C)C)C(=O)OC(C)(C)C)COC[C@@H](Cc2cccc3ccccc23)[C@@H]1C(C)(C)C(=O)O. The molecule has 1 aliphatic heterocycles. The lowest BCUT2D eigenvalue weighted by atomic mass is 9.67. The van der Waals surface area contributed by atoms with Crippen LogP contribution in [0.25, 0.3) is 10.8 Å². The molecule has 236 valence electrons. The lowest BCUT2D eigenvalue weighted by Crippen LogP contribution is -2.54. The number of esters is 1. The second-order valence-corrected chi connectivity index (χ2v) is 13.7. The van der Waals surface area contributed by atoms with Crippen LogP contribution in [0.1, 0.15) is 67.9 Å². The van der Waals surface area contributed by atoms with Gasteiger partial charge in [0.15, 0.2) is 6.04 Å². The number of imide groups is 1. The molecular weight excluding hydrogens is 554 g/mol. The van der Waals surface area contributed by atoms with E-state index in [0.717, 1.165) is 16.3 Å². The summed E-state index contributed by atoms with van der Waals surface area (Å²) in [5.74, 6) is -3.08. The topological polar surface area (TPSA) is 129 Å². The molecule has 0 spiro atoms. The van der Waals surface area contributed by atoms with Crippen molar-refractivity contribution in [1.29, 1.82) is 0 Å². The van der Waals surface area contributed by atoms with Crippen molar-refractivity contribution in [1.82, 2.24) is 4.90 Å². The van der Waals surface area contributed by atoms with Crippen LogP contribution in [-0.2, 0) is 35.0 Å². The Balaban J connectivity index is 2.05. The predicted molar refractivity (Wildman–Crippen MR) is 161 cm³/mol. The van der Waals surface area contributed by atoms with Gasteiger partial charge >= 0.3 is 24.1 Å². The van der Waals surface area contributed by atoms with Crippen molar-refractivity contribution >= 4 is 34.9 Å². The Morgan fingerprint density at radius 3 is 2.00 bits per heavy atom. The predicted octanol–water partition coefficient (Wildman–Crippen LogP) is 6.23. The van der Waals surface area contributed by atoms with E-state index in [0.29, 0.717) is 11.3 Å². The highest BCUT2D eigenvalue weighted by Gasteiger charge is 2.49. The van der Waals surface area contributed by atoms with Crippen LogP contribution in [0, 0.1) is 17.3 Å². The molecule has 0 aliphatic carbocycles. The maximum Gasteiger partial charge on any atom is 0.420 e. The summed E-state index contributed by atoms with van der Waals surface area (Å²) in [6.45, 7) is 14.3. The number of rotatable bonds is 5. The van der Waals surface area contributed by atoms with Crippen LogP contribution < -0.4 is 0 Å². The molecule has 4 atom stereocenters. The van der Waals surface area contributed by atoms with Gasteiger partial charge in [-0.2, -0.15) is 4.90 Å². The average Bonchev–Trinajstić information content (AvgIpc) is 2.90. The van der Waals surface area contributed by atoms with Crippen LogP contribution in [0.15, 0.2) is 42.5 Å². The average molecular weight is 600 g/mol. The van der Waals surface area contributed by atoms with Gasteiger partial charge < -0.3 is 24.1 Å². The van der Waals surface area contributed by atoms with Crippen molar-refractivity contribution in [3.63, 3.8) is 0 Å². The number of nitrogens with zero attached hydrogens (tertiary/aromatic N) is 1. The molecule has 2 aromatic carbocycles. The van der Waals surface area contributed by atoms with Crippen molar-refractivity contribution in [2.45, 2.75) is 92.1 Å². The second kappa shape index (κ2) is 12.9. The Kier molecular flexibility index (Phi) is 10.2. The van der Waals surface area contributed by atoms with Crippen LogP contribution in [0.5, 0.6) is 0 Å². The summed E-state index contributed by atoms with van der Waals surface area (Å²) in [6.07, 6.45) is -2.65. The highest BCUT2D eigenvalue weighted by molar-refractivity contribution is 5.94. The number of hydrogen-bond acceptors (Lipinski definition) is 8. The van der Waals surface area contributed by atoms with Crippen molar-refractivity contribution in [3.8, 4) is 0 Å². The van der Waals surface area contributed by atoms with E-state index in [4.69, 9.17) is 18.9 Å². The molecule has 1 fully saturated rings. The van der Waals surface area contributed by atoms with Crippen LogP contribution in [0.3, 0.4) is 0 Å². The summed E-state index contributed by atoms with van der Waals surface area (Å²) >= 11 is 0. The Labute approximate surface area is 253 Å². The Bertz CT molecular complexity index is 1300. The van der Waals surface area contributed by atoms with Gasteiger partial charge in [0.05, 0.1) is 18.6 Å². The van der Waals surface area contributed by atoms with Gasteiger partial charge in [-0.25, -0.2) is 14.4 Å². The lowest BCUT2D eigenvalue weighted by molar-refractivity contribution is -0.167. The molecule has 0 aromatic heterocycles. The molecule has 1 aliphatic rings. The first-order valence-corrected chi connectivity index (χ1v) is 14.6. The summed E-state index contributed by atoms with van der Waals surface area (Å²) in [4.78, 5) is 53.4. The minimum absolute atomic E-state index is 0.0402. The van der Waals surface area contributed by atoms with Gasteiger partial charge in [-0.1, -0.05) is 42.5 Å². The first-order chi connectivity index (χ1) is 19.8. The first kappa shape index (κ1) is 33.8. The van der Waals surface area contributed by atoms with Gasteiger partial charge in [-0.05, 0) is 91.0 Å². The molecule has 1 saturated heterocycles. The number of carbonyl (C=O) groups excluding carboxylic acids is 3. The third-order valence-electron chi connectivity index (χ3n) is 7.43. The number of aliphatic carboxylic acids is 1. The van der Waals surface area contributed by atoms with Gasteiger partial charge in [0.25, 0.3) is 0 Å². The number of cyclic esters (lactones) is 1. The minimum Gasteiger partial charge on any atom is -0.481 e. The highest BCUT2D eigenvalue weighted by atomic mass is 16.6. The van der Waals surface area contributed by atoms with E-state index >= 15 is 0 Å².